The molecule has 0 atom stereocenters. The van der Waals surface area contributed by atoms with Crippen molar-refractivity contribution in [2.45, 2.75) is 83.1 Å². The van der Waals surface area contributed by atoms with E-state index in [0.29, 0.717) is 14.5 Å². The van der Waals surface area contributed by atoms with E-state index < -0.39 is 0 Å². The van der Waals surface area contributed by atoms with E-state index in [-0.39, 0.29) is 0 Å². The molecule has 0 saturated heterocycles. The molecule has 1 nitrogen and oxygen atoms in total. The standard InChI is InChI=1S/C8H6O.C8H6S.C8H6Se.6C2H6/c3*1-2-4-8-7(3-1)5-6-9-8;6*1-2/h3*1-6H;6*1-2H3. The fraction of sp³-hybridized carbons (Fsp3) is 0.333. The van der Waals surface area contributed by atoms with Crippen molar-refractivity contribution in [3.63, 3.8) is 0 Å². The van der Waals surface area contributed by atoms with Crippen LogP contribution in [-0.2, 0) is 0 Å². The number of benzene rings is 3. The third-order valence-corrected chi connectivity index (χ3v) is 6.87. The maximum atomic E-state index is 5.12. The summed E-state index contributed by atoms with van der Waals surface area (Å²) in [5.41, 5.74) is 0.956. The summed E-state index contributed by atoms with van der Waals surface area (Å²) in [7, 11) is 0. The topological polar surface area (TPSA) is 13.1 Å². The zero-order chi connectivity index (χ0) is 30.3. The Labute approximate surface area is 250 Å². The molecule has 0 aliphatic carbocycles. The molecule has 0 fully saturated rings. The molecule has 0 N–H and O–H groups in total. The van der Waals surface area contributed by atoms with E-state index in [9.17, 15) is 0 Å². The number of thiophene rings is 1. The average molecular weight is 614 g/mol. The van der Waals surface area contributed by atoms with Crippen molar-refractivity contribution in [1.82, 2.24) is 0 Å². The predicted octanol–water partition coefficient (Wildman–Crippen LogP) is 13.4. The van der Waals surface area contributed by atoms with Gasteiger partial charge < -0.3 is 4.42 Å². The zero-order valence-electron chi connectivity index (χ0n) is 26.6. The summed E-state index contributed by atoms with van der Waals surface area (Å²) in [6.45, 7) is 24.0. The summed E-state index contributed by atoms with van der Waals surface area (Å²) in [6, 6.07) is 31.2. The minimum atomic E-state index is 0.622. The van der Waals surface area contributed by atoms with Crippen LogP contribution in [0.25, 0.3) is 30.7 Å². The van der Waals surface area contributed by atoms with Crippen molar-refractivity contribution in [2.24, 2.45) is 0 Å². The van der Waals surface area contributed by atoms with Crippen molar-refractivity contribution in [3.8, 4) is 0 Å². The molecule has 6 rings (SSSR count). The summed E-state index contributed by atoms with van der Waals surface area (Å²) in [5, 5.41) is 6.04. The third kappa shape index (κ3) is 16.9. The summed E-state index contributed by atoms with van der Waals surface area (Å²) in [4.78, 5) is 2.26. The van der Waals surface area contributed by atoms with Crippen LogP contribution in [0.1, 0.15) is 83.1 Å². The van der Waals surface area contributed by atoms with Gasteiger partial charge in [0.05, 0.1) is 6.26 Å². The van der Waals surface area contributed by atoms with Crippen LogP contribution in [0.5, 0.6) is 0 Å². The first-order valence-corrected chi connectivity index (χ1v) is 17.4. The molecule has 0 radical (unpaired) electrons. The Kier molecular flexibility index (Phi) is 33.2. The smallest absolute Gasteiger partial charge is 0.133 e. The maximum absolute atomic E-state index is 5.12. The van der Waals surface area contributed by atoms with Crippen molar-refractivity contribution in [1.29, 1.82) is 0 Å². The molecule has 3 aromatic carbocycles. The van der Waals surface area contributed by atoms with Crippen LogP contribution >= 0.6 is 11.3 Å². The molecule has 3 heterocycles. The Morgan fingerprint density at radius 1 is 0.487 bits per heavy atom. The van der Waals surface area contributed by atoms with E-state index in [1.807, 2.05) is 113 Å². The van der Waals surface area contributed by atoms with E-state index in [1.54, 1.807) is 17.6 Å². The molecule has 0 aliphatic heterocycles. The number of rotatable bonds is 0. The van der Waals surface area contributed by atoms with Gasteiger partial charge in [-0.1, -0.05) is 119 Å². The number of para-hydroxylation sites is 1. The van der Waals surface area contributed by atoms with Gasteiger partial charge in [0.15, 0.2) is 0 Å². The van der Waals surface area contributed by atoms with Crippen LogP contribution in [0, 0.1) is 0 Å². The molecule has 3 heteroatoms. The van der Waals surface area contributed by atoms with E-state index in [0.717, 1.165) is 11.0 Å². The molecular formula is C36H54OSSe. The van der Waals surface area contributed by atoms with E-state index in [2.05, 4.69) is 71.0 Å². The fourth-order valence-electron chi connectivity index (χ4n) is 2.72. The van der Waals surface area contributed by atoms with Crippen molar-refractivity contribution < 1.29 is 4.42 Å². The van der Waals surface area contributed by atoms with Crippen LogP contribution in [0.3, 0.4) is 0 Å². The van der Waals surface area contributed by atoms with Crippen LogP contribution in [0.2, 0.25) is 0 Å². The minimum Gasteiger partial charge on any atom is -0.464 e. The fourth-order valence-corrected chi connectivity index (χ4v) is 5.17. The molecule has 0 aliphatic rings. The zero-order valence-corrected chi connectivity index (χ0v) is 29.1. The molecule has 3 aromatic heterocycles. The second kappa shape index (κ2) is 31.6. The number of hydrogen-bond acceptors (Lipinski definition) is 2. The van der Waals surface area contributed by atoms with Gasteiger partial charge in [-0.25, -0.2) is 0 Å². The van der Waals surface area contributed by atoms with Crippen molar-refractivity contribution >= 4 is 56.5 Å². The molecule has 6 aromatic rings. The quantitative estimate of drug-likeness (QED) is 0.155. The molecule has 0 bridgehead atoms. The van der Waals surface area contributed by atoms with Crippen LogP contribution in [-0.4, -0.2) is 14.5 Å². The molecule has 0 amide bonds. The third-order valence-electron chi connectivity index (χ3n) is 4.08. The van der Waals surface area contributed by atoms with Crippen LogP contribution in [0.15, 0.2) is 112 Å². The van der Waals surface area contributed by atoms with Gasteiger partial charge in [0, 0.05) is 10.1 Å². The van der Waals surface area contributed by atoms with Crippen molar-refractivity contribution in [3.05, 3.63) is 108 Å². The van der Waals surface area contributed by atoms with E-state index in [4.69, 9.17) is 4.42 Å². The Bertz CT molecular complexity index is 999. The number of hydrogen-bond donors (Lipinski definition) is 0. The molecule has 0 saturated carbocycles. The van der Waals surface area contributed by atoms with Gasteiger partial charge in [0.2, 0.25) is 0 Å². The van der Waals surface area contributed by atoms with Gasteiger partial charge in [-0.05, 0) is 35.0 Å². The van der Waals surface area contributed by atoms with Gasteiger partial charge in [-0.15, -0.1) is 11.3 Å². The van der Waals surface area contributed by atoms with E-state index in [1.165, 1.54) is 19.7 Å². The molecular weight excluding hydrogens is 559 g/mol. The SMILES string of the molecule is CC.CC.CC.CC.CC.CC.c1ccc2[se]ccc2c1.c1ccc2occc2c1.c1ccc2sccc2c1. The van der Waals surface area contributed by atoms with Crippen LogP contribution < -0.4 is 0 Å². The number of fused-ring (bicyclic) bond motifs is 3. The second-order valence-corrected chi connectivity index (χ2v) is 8.81. The van der Waals surface area contributed by atoms with Gasteiger partial charge >= 0.3 is 59.4 Å². The summed E-state index contributed by atoms with van der Waals surface area (Å²) in [5.74, 6) is 0. The van der Waals surface area contributed by atoms with Gasteiger partial charge in [-0.3, -0.25) is 0 Å². The summed E-state index contributed by atoms with van der Waals surface area (Å²) >= 11 is 2.41. The first-order valence-electron chi connectivity index (χ1n) is 14.7. The minimum absolute atomic E-state index is 0.622. The van der Waals surface area contributed by atoms with Gasteiger partial charge in [0.1, 0.15) is 5.58 Å². The molecule has 0 unspecified atom stereocenters. The Morgan fingerprint density at radius 2 is 1.00 bits per heavy atom. The first-order chi connectivity index (χ1) is 19.4. The Hall–Kier alpha value is -2.58. The first kappa shape index (κ1) is 40.9. The van der Waals surface area contributed by atoms with E-state index >= 15 is 0 Å². The Balaban J connectivity index is -0.000000418. The maximum Gasteiger partial charge on any atom is 0.133 e. The van der Waals surface area contributed by atoms with Gasteiger partial charge in [0.25, 0.3) is 0 Å². The molecule has 0 spiro atoms. The normalized spacial score (nSPS) is 8.00. The van der Waals surface area contributed by atoms with Gasteiger partial charge in [-0.2, -0.15) is 0 Å². The van der Waals surface area contributed by atoms with Crippen LogP contribution in [0.4, 0.5) is 0 Å². The van der Waals surface area contributed by atoms with Crippen molar-refractivity contribution in [2.75, 3.05) is 0 Å². The molecule has 39 heavy (non-hydrogen) atoms. The number of furan rings is 1. The Morgan fingerprint density at radius 3 is 1.56 bits per heavy atom. The monoisotopic (exact) mass is 614 g/mol. The average Bonchev–Trinajstić information content (AvgIpc) is 3.85. The predicted molar refractivity (Wildman–Crippen MR) is 187 cm³/mol. The summed E-state index contributed by atoms with van der Waals surface area (Å²) in [6.07, 6.45) is 1.70. The largest absolute Gasteiger partial charge is 0.464 e. The molecule has 216 valence electrons. The summed E-state index contributed by atoms with van der Waals surface area (Å²) < 4.78 is 8.01. The second-order valence-electron chi connectivity index (χ2n) is 5.88.